The van der Waals surface area contributed by atoms with Crippen LogP contribution in [0.4, 0.5) is 10.1 Å². The molecule has 0 aromatic heterocycles. The van der Waals surface area contributed by atoms with Crippen molar-refractivity contribution in [1.29, 1.82) is 0 Å². The fourth-order valence-electron chi connectivity index (χ4n) is 1.92. The van der Waals surface area contributed by atoms with Gasteiger partial charge in [0.05, 0.1) is 0 Å². The van der Waals surface area contributed by atoms with Gasteiger partial charge in [-0.15, -0.1) is 0 Å². The Hall–Kier alpha value is -2.27. The summed E-state index contributed by atoms with van der Waals surface area (Å²) in [6.07, 6.45) is 0. The van der Waals surface area contributed by atoms with Crippen LogP contribution in [0.3, 0.4) is 0 Å². The zero-order valence-corrected chi connectivity index (χ0v) is 12.2. The van der Waals surface area contributed by atoms with E-state index < -0.39 is 0 Å². The first-order valence-electron chi connectivity index (χ1n) is 6.27. The molecule has 2 aromatic rings. The van der Waals surface area contributed by atoms with Gasteiger partial charge in [0.15, 0.2) is 5.84 Å². The van der Waals surface area contributed by atoms with Crippen molar-refractivity contribution in [1.82, 2.24) is 0 Å². The van der Waals surface area contributed by atoms with Gasteiger partial charge in [-0.3, -0.25) is 0 Å². The average Bonchev–Trinajstić information content (AvgIpc) is 2.46. The molecule has 21 heavy (non-hydrogen) atoms. The van der Waals surface area contributed by atoms with Crippen LogP contribution in [0.5, 0.6) is 0 Å². The van der Waals surface area contributed by atoms with Gasteiger partial charge in [-0.05, 0) is 42.3 Å². The van der Waals surface area contributed by atoms with Crippen molar-refractivity contribution in [2.75, 3.05) is 5.32 Å². The first-order chi connectivity index (χ1) is 10.0. The molecular formula is C15H15ClFN3O. The van der Waals surface area contributed by atoms with Gasteiger partial charge in [0.1, 0.15) is 5.82 Å². The highest BCUT2D eigenvalue weighted by atomic mass is 35.5. The predicted octanol–water partition coefficient (Wildman–Crippen LogP) is 3.49. The fourth-order valence-corrected chi connectivity index (χ4v) is 2.17. The number of anilines is 1. The van der Waals surface area contributed by atoms with E-state index in [4.69, 9.17) is 22.5 Å². The molecule has 2 rings (SSSR count). The predicted molar refractivity (Wildman–Crippen MR) is 82.4 cm³/mol. The lowest BCUT2D eigenvalue weighted by atomic mass is 10.1. The highest BCUT2D eigenvalue weighted by Crippen LogP contribution is 2.21. The maximum absolute atomic E-state index is 13.0. The topological polar surface area (TPSA) is 70.6 Å². The molecule has 0 atom stereocenters. The highest BCUT2D eigenvalue weighted by molar-refractivity contribution is 6.31. The van der Waals surface area contributed by atoms with Gasteiger partial charge in [-0.2, -0.15) is 0 Å². The number of nitrogens with zero attached hydrogens (tertiary/aromatic N) is 1. The molecule has 0 spiro atoms. The summed E-state index contributed by atoms with van der Waals surface area (Å²) in [5.74, 6) is -0.259. The first kappa shape index (κ1) is 15.1. The third-order valence-electron chi connectivity index (χ3n) is 3.11. The molecule has 0 aliphatic rings. The molecule has 0 aliphatic heterocycles. The number of nitrogens with two attached hydrogens (primary N) is 1. The zero-order valence-electron chi connectivity index (χ0n) is 11.4. The minimum Gasteiger partial charge on any atom is -0.409 e. The van der Waals surface area contributed by atoms with Gasteiger partial charge in [-0.1, -0.05) is 28.9 Å². The van der Waals surface area contributed by atoms with Gasteiger partial charge >= 0.3 is 0 Å². The molecule has 0 saturated heterocycles. The minimum absolute atomic E-state index is 0.00536. The molecule has 0 amide bonds. The summed E-state index contributed by atoms with van der Waals surface area (Å²) in [7, 11) is 0. The molecule has 2 aromatic carbocycles. The van der Waals surface area contributed by atoms with Gasteiger partial charge in [0.25, 0.3) is 0 Å². The average molecular weight is 308 g/mol. The van der Waals surface area contributed by atoms with E-state index in [2.05, 4.69) is 10.5 Å². The minimum atomic E-state index is -0.265. The Bertz CT molecular complexity index is 689. The van der Waals surface area contributed by atoms with Crippen LogP contribution in [-0.2, 0) is 6.54 Å². The van der Waals surface area contributed by atoms with Crippen LogP contribution in [0.15, 0.2) is 41.6 Å². The summed E-state index contributed by atoms with van der Waals surface area (Å²) in [4.78, 5) is 0. The summed E-state index contributed by atoms with van der Waals surface area (Å²) >= 11 is 6.17. The number of hydrogen-bond acceptors (Lipinski definition) is 3. The third kappa shape index (κ3) is 3.64. The van der Waals surface area contributed by atoms with Crippen LogP contribution in [0, 0.1) is 12.7 Å². The lowest BCUT2D eigenvalue weighted by Gasteiger charge is -2.11. The van der Waals surface area contributed by atoms with Crippen molar-refractivity contribution in [2.24, 2.45) is 10.9 Å². The molecule has 110 valence electrons. The summed E-state index contributed by atoms with van der Waals surface area (Å²) in [6, 6.07) is 9.69. The van der Waals surface area contributed by atoms with Gasteiger partial charge in [-0.25, -0.2) is 4.39 Å². The van der Waals surface area contributed by atoms with E-state index in [-0.39, 0.29) is 11.7 Å². The molecule has 0 heterocycles. The molecule has 0 unspecified atom stereocenters. The second-order valence-electron chi connectivity index (χ2n) is 4.60. The largest absolute Gasteiger partial charge is 0.409 e. The summed E-state index contributed by atoms with van der Waals surface area (Å²) in [6.45, 7) is 2.32. The van der Waals surface area contributed by atoms with Crippen LogP contribution in [0.1, 0.15) is 16.7 Å². The van der Waals surface area contributed by atoms with Crippen LogP contribution in [0.2, 0.25) is 5.02 Å². The number of oxime groups is 1. The molecule has 0 radical (unpaired) electrons. The Labute approximate surface area is 127 Å². The zero-order chi connectivity index (χ0) is 15.4. The number of nitrogens with one attached hydrogen (secondary N) is 1. The lowest BCUT2D eigenvalue weighted by molar-refractivity contribution is 0.318. The van der Waals surface area contributed by atoms with Gasteiger partial charge in [0.2, 0.25) is 0 Å². The normalized spacial score (nSPS) is 11.5. The Morgan fingerprint density at radius 3 is 2.71 bits per heavy atom. The molecular weight excluding hydrogens is 293 g/mol. The molecule has 0 aliphatic carbocycles. The second-order valence-corrected chi connectivity index (χ2v) is 5.01. The molecule has 4 N–H and O–H groups in total. The Kier molecular flexibility index (Phi) is 4.65. The van der Waals surface area contributed by atoms with E-state index in [9.17, 15) is 4.39 Å². The highest BCUT2D eigenvalue weighted by Gasteiger charge is 2.06. The van der Waals surface area contributed by atoms with Crippen molar-refractivity contribution in [3.05, 3.63) is 63.9 Å². The van der Waals surface area contributed by atoms with E-state index in [0.29, 0.717) is 17.1 Å². The molecule has 6 heteroatoms. The number of benzene rings is 2. The number of amidine groups is 1. The Morgan fingerprint density at radius 1 is 1.33 bits per heavy atom. The van der Waals surface area contributed by atoms with E-state index in [1.807, 2.05) is 6.92 Å². The molecule has 4 nitrogen and oxygen atoms in total. The van der Waals surface area contributed by atoms with Crippen LogP contribution >= 0.6 is 11.6 Å². The monoisotopic (exact) mass is 307 g/mol. The Balaban J connectivity index is 2.13. The van der Waals surface area contributed by atoms with Crippen molar-refractivity contribution in [3.8, 4) is 0 Å². The smallest absolute Gasteiger partial charge is 0.170 e. The van der Waals surface area contributed by atoms with Crippen molar-refractivity contribution in [2.45, 2.75) is 13.5 Å². The van der Waals surface area contributed by atoms with E-state index in [1.54, 1.807) is 24.3 Å². The summed E-state index contributed by atoms with van der Waals surface area (Å²) in [5, 5.41) is 15.3. The van der Waals surface area contributed by atoms with Crippen LogP contribution in [-0.4, -0.2) is 11.0 Å². The molecule has 0 fully saturated rings. The molecule has 0 bridgehead atoms. The second kappa shape index (κ2) is 6.45. The van der Waals surface area contributed by atoms with Gasteiger partial charge in [0, 0.05) is 22.8 Å². The first-order valence-corrected chi connectivity index (χ1v) is 6.65. The quantitative estimate of drug-likeness (QED) is 0.350. The summed E-state index contributed by atoms with van der Waals surface area (Å²) < 4.78 is 13.0. The third-order valence-corrected chi connectivity index (χ3v) is 3.47. The van der Waals surface area contributed by atoms with Crippen LogP contribution in [0.25, 0.3) is 0 Å². The number of aryl methyl sites for hydroxylation is 1. The SMILES string of the molecule is Cc1cc(F)ccc1NCc1ccc(/C(N)=N/O)cc1Cl. The molecule has 0 saturated carbocycles. The van der Waals surface area contributed by atoms with Gasteiger partial charge < -0.3 is 16.3 Å². The van der Waals surface area contributed by atoms with Crippen molar-refractivity contribution < 1.29 is 9.60 Å². The maximum atomic E-state index is 13.0. The van der Waals surface area contributed by atoms with E-state index >= 15 is 0 Å². The maximum Gasteiger partial charge on any atom is 0.170 e. The Morgan fingerprint density at radius 2 is 2.10 bits per heavy atom. The van der Waals surface area contributed by atoms with E-state index in [0.717, 1.165) is 16.8 Å². The number of rotatable bonds is 4. The van der Waals surface area contributed by atoms with E-state index in [1.165, 1.54) is 12.1 Å². The lowest BCUT2D eigenvalue weighted by Crippen LogP contribution is -2.13. The number of hydrogen-bond donors (Lipinski definition) is 3. The number of halogens is 2. The standard InChI is InChI=1S/C15H15ClFN3O/c1-9-6-12(17)4-5-14(9)19-8-11-3-2-10(7-13(11)16)15(18)20-21/h2-7,19,21H,8H2,1H3,(H2,18,20). The summed E-state index contributed by atoms with van der Waals surface area (Å²) in [5.41, 5.74) is 8.56. The fraction of sp³-hybridized carbons (Fsp3) is 0.133. The van der Waals surface area contributed by atoms with Crippen LogP contribution < -0.4 is 11.1 Å². The van der Waals surface area contributed by atoms with Crippen molar-refractivity contribution >= 4 is 23.1 Å². The van der Waals surface area contributed by atoms with Crippen molar-refractivity contribution in [3.63, 3.8) is 0 Å².